The number of nitrogens with one attached hydrogen (secondary N) is 2. The monoisotopic (exact) mass is 464 g/mol. The Balaban J connectivity index is 2.93. The van der Waals surface area contributed by atoms with Crippen molar-refractivity contribution in [2.75, 3.05) is 0 Å². The predicted molar refractivity (Wildman–Crippen MR) is 127 cm³/mol. The number of carbonyl (C=O) groups excluding carboxylic acids is 3. The first-order valence-corrected chi connectivity index (χ1v) is 11.2. The molecule has 186 valence electrons. The zero-order chi connectivity index (χ0) is 25.6. The van der Waals surface area contributed by atoms with Crippen molar-refractivity contribution in [1.82, 2.24) is 10.6 Å². The Kier molecular flexibility index (Phi) is 9.33. The molecule has 8 heteroatoms. The molecule has 0 aliphatic carbocycles. The molecule has 1 aromatic rings. The molecule has 2 amide bonds. The molecule has 1 rings (SSSR count). The van der Waals surface area contributed by atoms with Gasteiger partial charge in [0, 0.05) is 6.42 Å². The Labute approximate surface area is 197 Å². The van der Waals surface area contributed by atoms with Crippen LogP contribution in [0.25, 0.3) is 0 Å². The van der Waals surface area contributed by atoms with E-state index in [-0.39, 0.29) is 12.0 Å². The highest BCUT2D eigenvalue weighted by Gasteiger charge is 2.29. The fourth-order valence-corrected chi connectivity index (χ4v) is 2.70. The van der Waals surface area contributed by atoms with Gasteiger partial charge in [0.15, 0.2) is 0 Å². The minimum absolute atomic E-state index is 0.218. The molecule has 8 nitrogen and oxygen atoms in total. The number of benzene rings is 1. The largest absolute Gasteiger partial charge is 0.488 e. The number of amides is 2. The summed E-state index contributed by atoms with van der Waals surface area (Å²) in [5.74, 6) is -0.376. The van der Waals surface area contributed by atoms with Crippen molar-refractivity contribution < 1.29 is 28.6 Å². The van der Waals surface area contributed by atoms with Crippen LogP contribution in [0, 0.1) is 0 Å². The quantitative estimate of drug-likeness (QED) is 0.588. The van der Waals surface area contributed by atoms with E-state index in [0.29, 0.717) is 5.75 Å². The lowest BCUT2D eigenvalue weighted by atomic mass is 10.0. The standard InChI is InChI=1S/C25H40N2O6/c1-16(26-22(30)33-25(8,9)10)20(28)27-19(21(29)32-24(5,6)7)15-17-11-13-18(14-12-17)31-23(2,3)4/h11-14,16,19H,15H2,1-10H3,(H,26,30)(H,27,28)/t16-,19-/m0/s1. The van der Waals surface area contributed by atoms with Crippen molar-refractivity contribution in [3.8, 4) is 5.75 Å². The summed E-state index contributed by atoms with van der Waals surface area (Å²) in [4.78, 5) is 37.5. The molecule has 0 saturated carbocycles. The van der Waals surface area contributed by atoms with Gasteiger partial charge in [0.05, 0.1) is 0 Å². The predicted octanol–water partition coefficient (Wildman–Crippen LogP) is 4.15. The lowest BCUT2D eigenvalue weighted by Crippen LogP contribution is -2.52. The summed E-state index contributed by atoms with van der Waals surface area (Å²) < 4.78 is 16.5. The van der Waals surface area contributed by atoms with Gasteiger partial charge in [-0.2, -0.15) is 0 Å². The summed E-state index contributed by atoms with van der Waals surface area (Å²) in [7, 11) is 0. The maximum atomic E-state index is 12.8. The average molecular weight is 465 g/mol. The molecule has 2 atom stereocenters. The summed E-state index contributed by atoms with van der Waals surface area (Å²) in [6.07, 6.45) is -0.497. The van der Waals surface area contributed by atoms with Gasteiger partial charge in [-0.25, -0.2) is 9.59 Å². The first kappa shape index (κ1) is 28.3. The van der Waals surface area contributed by atoms with E-state index in [1.165, 1.54) is 6.92 Å². The zero-order valence-corrected chi connectivity index (χ0v) is 21.6. The van der Waals surface area contributed by atoms with Crippen molar-refractivity contribution in [3.05, 3.63) is 29.8 Å². The van der Waals surface area contributed by atoms with Gasteiger partial charge in [0.25, 0.3) is 0 Å². The normalized spacial score (nSPS) is 14.0. The molecule has 0 fully saturated rings. The number of hydrogen-bond acceptors (Lipinski definition) is 6. The molecule has 0 unspecified atom stereocenters. The number of rotatable bonds is 7. The summed E-state index contributed by atoms with van der Waals surface area (Å²) in [6.45, 7) is 17.9. The Bertz CT molecular complexity index is 813. The smallest absolute Gasteiger partial charge is 0.408 e. The van der Waals surface area contributed by atoms with E-state index in [1.807, 2.05) is 45.0 Å². The highest BCUT2D eigenvalue weighted by molar-refractivity contribution is 5.89. The fourth-order valence-electron chi connectivity index (χ4n) is 2.70. The minimum atomic E-state index is -0.936. The third kappa shape index (κ3) is 12.2. The lowest BCUT2D eigenvalue weighted by Gasteiger charge is -2.26. The van der Waals surface area contributed by atoms with E-state index in [1.54, 1.807) is 41.5 Å². The highest BCUT2D eigenvalue weighted by atomic mass is 16.6. The van der Waals surface area contributed by atoms with Gasteiger partial charge in [-0.15, -0.1) is 0 Å². The van der Waals surface area contributed by atoms with E-state index in [4.69, 9.17) is 14.2 Å². The highest BCUT2D eigenvalue weighted by Crippen LogP contribution is 2.20. The van der Waals surface area contributed by atoms with Crippen molar-refractivity contribution in [2.24, 2.45) is 0 Å². The van der Waals surface area contributed by atoms with Crippen LogP contribution in [0.3, 0.4) is 0 Å². The van der Waals surface area contributed by atoms with E-state index in [0.717, 1.165) is 5.56 Å². The number of hydrogen-bond donors (Lipinski definition) is 2. The van der Waals surface area contributed by atoms with E-state index in [2.05, 4.69) is 10.6 Å². The number of ether oxygens (including phenoxy) is 3. The Hall–Kier alpha value is -2.77. The van der Waals surface area contributed by atoms with Gasteiger partial charge in [0.1, 0.15) is 34.6 Å². The molecule has 2 N–H and O–H groups in total. The maximum Gasteiger partial charge on any atom is 0.408 e. The first-order chi connectivity index (χ1) is 14.8. The van der Waals surface area contributed by atoms with Crippen LogP contribution in [-0.2, 0) is 25.5 Å². The Morgan fingerprint density at radius 3 is 1.76 bits per heavy atom. The van der Waals surface area contributed by atoms with Crippen LogP contribution in [0.5, 0.6) is 5.75 Å². The van der Waals surface area contributed by atoms with E-state index in [9.17, 15) is 14.4 Å². The van der Waals surface area contributed by atoms with Crippen molar-refractivity contribution in [3.63, 3.8) is 0 Å². The topological polar surface area (TPSA) is 103 Å². The molecular formula is C25H40N2O6. The molecule has 1 aromatic carbocycles. The van der Waals surface area contributed by atoms with Gasteiger partial charge in [-0.05, 0) is 86.9 Å². The summed E-state index contributed by atoms with van der Waals surface area (Å²) in [5, 5.41) is 5.17. The Morgan fingerprint density at radius 2 is 1.30 bits per heavy atom. The molecule has 33 heavy (non-hydrogen) atoms. The molecule has 0 saturated heterocycles. The van der Waals surface area contributed by atoms with Crippen molar-refractivity contribution >= 4 is 18.0 Å². The first-order valence-electron chi connectivity index (χ1n) is 11.2. The van der Waals surface area contributed by atoms with Crippen LogP contribution >= 0.6 is 0 Å². The average Bonchev–Trinajstić information content (AvgIpc) is 2.58. The Morgan fingerprint density at radius 1 is 0.788 bits per heavy atom. The van der Waals surface area contributed by atoms with Crippen LogP contribution in [0.4, 0.5) is 4.79 Å². The van der Waals surface area contributed by atoms with Gasteiger partial charge in [-0.3, -0.25) is 4.79 Å². The summed E-state index contributed by atoms with van der Waals surface area (Å²) in [5.41, 5.74) is -0.918. The lowest BCUT2D eigenvalue weighted by molar-refractivity contribution is -0.158. The van der Waals surface area contributed by atoms with Crippen molar-refractivity contribution in [2.45, 2.75) is 105 Å². The van der Waals surface area contributed by atoms with Gasteiger partial charge in [-0.1, -0.05) is 12.1 Å². The number of alkyl carbamates (subject to hydrolysis) is 1. The van der Waals surface area contributed by atoms with Crippen LogP contribution in [0.15, 0.2) is 24.3 Å². The second-order valence-electron chi connectivity index (χ2n) is 11.0. The molecule has 0 aliphatic heterocycles. The summed E-state index contributed by atoms with van der Waals surface area (Å²) >= 11 is 0. The fraction of sp³-hybridized carbons (Fsp3) is 0.640. The number of carbonyl (C=O) groups is 3. The van der Waals surface area contributed by atoms with Crippen LogP contribution < -0.4 is 15.4 Å². The SMILES string of the molecule is C[C@H](NC(=O)OC(C)(C)C)C(=O)N[C@@H](Cc1ccc(OC(C)(C)C)cc1)C(=O)OC(C)(C)C. The van der Waals surface area contributed by atoms with Crippen LogP contribution in [0.2, 0.25) is 0 Å². The second kappa shape index (κ2) is 10.9. The molecule has 0 heterocycles. The van der Waals surface area contributed by atoms with Gasteiger partial charge < -0.3 is 24.8 Å². The number of esters is 1. The maximum absolute atomic E-state index is 12.8. The van der Waals surface area contributed by atoms with Gasteiger partial charge in [0.2, 0.25) is 5.91 Å². The molecule has 0 bridgehead atoms. The summed E-state index contributed by atoms with van der Waals surface area (Å²) in [6, 6.07) is 5.48. The van der Waals surface area contributed by atoms with Crippen LogP contribution in [0.1, 0.15) is 74.8 Å². The minimum Gasteiger partial charge on any atom is -0.488 e. The van der Waals surface area contributed by atoms with E-state index < -0.39 is 41.3 Å². The second-order valence-corrected chi connectivity index (χ2v) is 11.0. The van der Waals surface area contributed by atoms with Gasteiger partial charge >= 0.3 is 12.1 Å². The van der Waals surface area contributed by atoms with E-state index >= 15 is 0 Å². The zero-order valence-electron chi connectivity index (χ0n) is 21.6. The third-order valence-electron chi connectivity index (χ3n) is 3.92. The molecule has 0 radical (unpaired) electrons. The molecular weight excluding hydrogens is 424 g/mol. The molecule has 0 spiro atoms. The molecule has 0 aromatic heterocycles. The third-order valence-corrected chi connectivity index (χ3v) is 3.92. The van der Waals surface area contributed by atoms with Crippen molar-refractivity contribution in [1.29, 1.82) is 0 Å². The van der Waals surface area contributed by atoms with Crippen LogP contribution in [-0.4, -0.2) is 46.9 Å². The molecule has 0 aliphatic rings.